The van der Waals surface area contributed by atoms with Gasteiger partial charge in [-0.2, -0.15) is 0 Å². The summed E-state index contributed by atoms with van der Waals surface area (Å²) in [6, 6.07) is 4.24. The van der Waals surface area contributed by atoms with Crippen LogP contribution in [0.4, 0.5) is 10.5 Å². The summed E-state index contributed by atoms with van der Waals surface area (Å²) in [5.41, 5.74) is 0.558. The standard InChI is InChI=1S/C14H18N2O5/c1-2-3-9(7-13(17)18)15-14(19)16-10-4-5-11-12(6-10)21-8-20-11/h4-6,9H,2-3,7-8H2,1H3,(H,17,18)(H2,15,16,19). The van der Waals surface area contributed by atoms with Crippen molar-refractivity contribution in [2.45, 2.75) is 32.2 Å². The van der Waals surface area contributed by atoms with Gasteiger partial charge in [-0.1, -0.05) is 13.3 Å². The summed E-state index contributed by atoms with van der Waals surface area (Å²) in [6.45, 7) is 2.11. The summed E-state index contributed by atoms with van der Waals surface area (Å²) in [4.78, 5) is 22.6. The second kappa shape index (κ2) is 6.83. The van der Waals surface area contributed by atoms with E-state index in [0.717, 1.165) is 6.42 Å². The predicted octanol–water partition coefficient (Wildman–Crippen LogP) is 2.18. The number of anilines is 1. The van der Waals surface area contributed by atoms with Gasteiger partial charge in [-0.3, -0.25) is 4.79 Å². The molecule has 1 aliphatic heterocycles. The molecule has 0 radical (unpaired) electrons. The van der Waals surface area contributed by atoms with E-state index in [9.17, 15) is 9.59 Å². The Bertz CT molecular complexity index is 532. The molecule has 7 heteroatoms. The average molecular weight is 294 g/mol. The van der Waals surface area contributed by atoms with Crippen LogP contribution in [0, 0.1) is 0 Å². The fourth-order valence-electron chi connectivity index (χ4n) is 2.11. The molecule has 1 aliphatic rings. The highest BCUT2D eigenvalue weighted by Gasteiger charge is 2.17. The number of urea groups is 1. The first-order valence-corrected chi connectivity index (χ1v) is 6.77. The van der Waals surface area contributed by atoms with E-state index in [0.29, 0.717) is 23.6 Å². The van der Waals surface area contributed by atoms with E-state index in [-0.39, 0.29) is 19.3 Å². The summed E-state index contributed by atoms with van der Waals surface area (Å²) < 4.78 is 10.4. The van der Waals surface area contributed by atoms with Gasteiger partial charge in [-0.05, 0) is 18.6 Å². The summed E-state index contributed by atoms with van der Waals surface area (Å²) in [5.74, 6) is 0.274. The zero-order valence-electron chi connectivity index (χ0n) is 11.7. The molecular weight excluding hydrogens is 276 g/mol. The van der Waals surface area contributed by atoms with E-state index in [1.165, 1.54) is 0 Å². The van der Waals surface area contributed by atoms with Crippen molar-refractivity contribution in [3.05, 3.63) is 18.2 Å². The maximum atomic E-state index is 11.9. The number of carbonyl (C=O) groups excluding carboxylic acids is 1. The average Bonchev–Trinajstić information content (AvgIpc) is 2.85. The molecule has 1 aromatic carbocycles. The molecule has 3 N–H and O–H groups in total. The third-order valence-electron chi connectivity index (χ3n) is 3.02. The number of nitrogens with one attached hydrogen (secondary N) is 2. The molecule has 0 bridgehead atoms. The van der Waals surface area contributed by atoms with E-state index >= 15 is 0 Å². The largest absolute Gasteiger partial charge is 0.481 e. The van der Waals surface area contributed by atoms with Crippen molar-refractivity contribution < 1.29 is 24.2 Å². The smallest absolute Gasteiger partial charge is 0.319 e. The number of hydrogen-bond acceptors (Lipinski definition) is 4. The third kappa shape index (κ3) is 4.27. The molecule has 0 aliphatic carbocycles. The van der Waals surface area contributed by atoms with Crippen LogP contribution in [0.3, 0.4) is 0 Å². The zero-order valence-corrected chi connectivity index (χ0v) is 11.7. The maximum Gasteiger partial charge on any atom is 0.319 e. The third-order valence-corrected chi connectivity index (χ3v) is 3.02. The van der Waals surface area contributed by atoms with E-state index in [1.807, 2.05) is 6.92 Å². The molecule has 0 fully saturated rings. The Labute approximate surface area is 122 Å². The lowest BCUT2D eigenvalue weighted by Crippen LogP contribution is -2.39. The molecule has 1 atom stereocenters. The molecule has 0 saturated heterocycles. The van der Waals surface area contributed by atoms with Gasteiger partial charge in [0.25, 0.3) is 0 Å². The minimum absolute atomic E-state index is 0.0948. The molecule has 2 amide bonds. The van der Waals surface area contributed by atoms with Crippen molar-refractivity contribution in [2.24, 2.45) is 0 Å². The number of carbonyl (C=O) groups is 2. The minimum Gasteiger partial charge on any atom is -0.481 e. The van der Waals surface area contributed by atoms with Crippen molar-refractivity contribution in [1.29, 1.82) is 0 Å². The van der Waals surface area contributed by atoms with Gasteiger partial charge in [0.2, 0.25) is 6.79 Å². The molecule has 1 aromatic rings. The first kappa shape index (κ1) is 15.0. The van der Waals surface area contributed by atoms with E-state index in [4.69, 9.17) is 14.6 Å². The summed E-state index contributed by atoms with van der Waals surface area (Å²) in [5, 5.41) is 14.1. The van der Waals surface area contributed by atoms with Crippen molar-refractivity contribution in [3.8, 4) is 11.5 Å². The van der Waals surface area contributed by atoms with Gasteiger partial charge >= 0.3 is 12.0 Å². The lowest BCUT2D eigenvalue weighted by Gasteiger charge is -2.16. The highest BCUT2D eigenvalue weighted by Crippen LogP contribution is 2.34. The number of aliphatic carboxylic acids is 1. The highest BCUT2D eigenvalue weighted by molar-refractivity contribution is 5.90. The number of rotatable bonds is 6. The number of hydrogen-bond donors (Lipinski definition) is 3. The van der Waals surface area contributed by atoms with Gasteiger partial charge in [0.1, 0.15) is 0 Å². The van der Waals surface area contributed by atoms with Crippen molar-refractivity contribution in [2.75, 3.05) is 12.1 Å². The van der Waals surface area contributed by atoms with Crippen LogP contribution >= 0.6 is 0 Å². The first-order valence-electron chi connectivity index (χ1n) is 6.77. The van der Waals surface area contributed by atoms with Crippen molar-refractivity contribution in [3.63, 3.8) is 0 Å². The van der Waals surface area contributed by atoms with Crippen LogP contribution < -0.4 is 20.1 Å². The summed E-state index contributed by atoms with van der Waals surface area (Å²) in [7, 11) is 0. The van der Waals surface area contributed by atoms with Gasteiger partial charge in [0.15, 0.2) is 11.5 Å². The van der Waals surface area contributed by atoms with Crippen LogP contribution in [0.15, 0.2) is 18.2 Å². The zero-order chi connectivity index (χ0) is 15.2. The Morgan fingerprint density at radius 3 is 2.81 bits per heavy atom. The monoisotopic (exact) mass is 294 g/mol. The maximum absolute atomic E-state index is 11.9. The predicted molar refractivity (Wildman–Crippen MR) is 75.7 cm³/mol. The topological polar surface area (TPSA) is 96.9 Å². The number of amides is 2. The van der Waals surface area contributed by atoms with E-state index < -0.39 is 12.0 Å². The van der Waals surface area contributed by atoms with Crippen LogP contribution in [-0.4, -0.2) is 29.9 Å². The molecule has 0 aromatic heterocycles. The molecule has 21 heavy (non-hydrogen) atoms. The Morgan fingerprint density at radius 2 is 2.10 bits per heavy atom. The molecule has 2 rings (SSSR count). The fraction of sp³-hybridized carbons (Fsp3) is 0.429. The number of ether oxygens (including phenoxy) is 2. The number of fused-ring (bicyclic) bond motifs is 1. The quantitative estimate of drug-likeness (QED) is 0.747. The van der Waals surface area contributed by atoms with Gasteiger partial charge in [0, 0.05) is 17.8 Å². The lowest BCUT2D eigenvalue weighted by molar-refractivity contribution is -0.137. The highest BCUT2D eigenvalue weighted by atomic mass is 16.7. The number of carboxylic acids is 1. The molecule has 1 heterocycles. The molecule has 1 unspecified atom stereocenters. The molecule has 0 spiro atoms. The second-order valence-corrected chi connectivity index (χ2v) is 4.75. The van der Waals surface area contributed by atoms with Crippen LogP contribution in [-0.2, 0) is 4.79 Å². The number of carboxylic acid groups (broad SMARTS) is 1. The molecule has 0 saturated carbocycles. The molecule has 7 nitrogen and oxygen atoms in total. The lowest BCUT2D eigenvalue weighted by atomic mass is 10.1. The van der Waals surface area contributed by atoms with Crippen LogP contribution in [0.5, 0.6) is 11.5 Å². The Balaban J connectivity index is 1.92. The van der Waals surface area contributed by atoms with Gasteiger partial charge < -0.3 is 25.2 Å². The van der Waals surface area contributed by atoms with Crippen molar-refractivity contribution >= 4 is 17.7 Å². The van der Waals surface area contributed by atoms with Gasteiger partial charge in [-0.15, -0.1) is 0 Å². The Hall–Kier alpha value is -2.44. The van der Waals surface area contributed by atoms with Crippen molar-refractivity contribution in [1.82, 2.24) is 5.32 Å². The first-order chi connectivity index (χ1) is 10.1. The van der Waals surface area contributed by atoms with Gasteiger partial charge in [-0.25, -0.2) is 4.79 Å². The minimum atomic E-state index is -0.933. The Morgan fingerprint density at radius 1 is 1.33 bits per heavy atom. The normalized spacial score (nSPS) is 13.6. The SMILES string of the molecule is CCCC(CC(=O)O)NC(=O)Nc1ccc2c(c1)OCO2. The Kier molecular flexibility index (Phi) is 4.86. The van der Waals surface area contributed by atoms with Crippen LogP contribution in [0.2, 0.25) is 0 Å². The van der Waals surface area contributed by atoms with Gasteiger partial charge in [0.05, 0.1) is 6.42 Å². The fourth-order valence-corrected chi connectivity index (χ4v) is 2.11. The van der Waals surface area contributed by atoms with E-state index in [2.05, 4.69) is 10.6 Å². The summed E-state index contributed by atoms with van der Waals surface area (Å²) in [6.07, 6.45) is 1.31. The number of benzene rings is 1. The summed E-state index contributed by atoms with van der Waals surface area (Å²) >= 11 is 0. The second-order valence-electron chi connectivity index (χ2n) is 4.75. The van der Waals surface area contributed by atoms with Crippen LogP contribution in [0.25, 0.3) is 0 Å². The molecule has 114 valence electrons. The van der Waals surface area contributed by atoms with Crippen LogP contribution in [0.1, 0.15) is 26.2 Å². The molecular formula is C14H18N2O5. The van der Waals surface area contributed by atoms with E-state index in [1.54, 1.807) is 18.2 Å².